The Morgan fingerprint density at radius 1 is 0.895 bits per heavy atom. The minimum Gasteiger partial charge on any atom is -0.267 e. The highest BCUT2D eigenvalue weighted by Crippen LogP contribution is 2.28. The normalized spacial score (nSPS) is 10.8. The van der Waals surface area contributed by atoms with Crippen LogP contribution in [0.15, 0.2) is 47.3 Å². The molecule has 94 valence electrons. The van der Waals surface area contributed by atoms with E-state index in [1.54, 1.807) is 0 Å². The second kappa shape index (κ2) is 4.35. The fourth-order valence-corrected chi connectivity index (χ4v) is 2.43. The molecule has 0 aliphatic rings. The largest absolute Gasteiger partial charge is 0.272 e. The van der Waals surface area contributed by atoms with Crippen LogP contribution in [-0.2, 0) is 0 Å². The Bertz CT molecular complexity index is 804. The van der Waals surface area contributed by atoms with Gasteiger partial charge in [-0.15, -0.1) is 0 Å². The Morgan fingerprint density at radius 2 is 1.53 bits per heavy atom. The van der Waals surface area contributed by atoms with Crippen LogP contribution in [0.4, 0.5) is 0 Å². The number of hydrogen-bond donors (Lipinski definition) is 1. The zero-order valence-electron chi connectivity index (χ0n) is 10.9. The first-order chi connectivity index (χ1) is 9.18. The van der Waals surface area contributed by atoms with Crippen molar-refractivity contribution in [1.29, 1.82) is 0 Å². The number of aryl methyl sites for hydroxylation is 2. The smallest absolute Gasteiger partial charge is 0.267 e. The Hall–Kier alpha value is -2.42. The van der Waals surface area contributed by atoms with Crippen LogP contribution in [0.5, 0.6) is 0 Å². The monoisotopic (exact) mass is 250 g/mol. The van der Waals surface area contributed by atoms with Gasteiger partial charge in [0.1, 0.15) is 0 Å². The third-order valence-electron chi connectivity index (χ3n) is 3.40. The molecule has 1 heterocycles. The number of benzene rings is 2. The summed E-state index contributed by atoms with van der Waals surface area (Å²) in [5, 5.41) is 8.52. The molecule has 0 saturated carbocycles. The summed E-state index contributed by atoms with van der Waals surface area (Å²) in [5.74, 6) is 0. The molecule has 3 aromatic rings. The fraction of sp³-hybridized carbons (Fsp3) is 0.125. The third kappa shape index (κ3) is 1.83. The Labute approximate surface area is 110 Å². The molecule has 0 amide bonds. The van der Waals surface area contributed by atoms with Gasteiger partial charge in [0.25, 0.3) is 5.56 Å². The maximum Gasteiger partial charge on any atom is 0.272 e. The van der Waals surface area contributed by atoms with Crippen molar-refractivity contribution in [2.75, 3.05) is 0 Å². The van der Waals surface area contributed by atoms with Gasteiger partial charge in [0, 0.05) is 10.9 Å². The van der Waals surface area contributed by atoms with Crippen molar-refractivity contribution < 1.29 is 0 Å². The van der Waals surface area contributed by atoms with Crippen LogP contribution >= 0.6 is 0 Å². The van der Waals surface area contributed by atoms with Crippen molar-refractivity contribution in [3.05, 3.63) is 63.9 Å². The lowest BCUT2D eigenvalue weighted by Crippen LogP contribution is -2.11. The summed E-state index contributed by atoms with van der Waals surface area (Å²) in [6.45, 7) is 3.96. The van der Waals surface area contributed by atoms with E-state index in [2.05, 4.69) is 10.2 Å². The molecule has 3 rings (SSSR count). The van der Waals surface area contributed by atoms with Gasteiger partial charge in [-0.25, -0.2) is 5.10 Å². The summed E-state index contributed by atoms with van der Waals surface area (Å²) < 4.78 is 0. The highest BCUT2D eigenvalue weighted by molar-refractivity contribution is 5.97. The van der Waals surface area contributed by atoms with Crippen molar-refractivity contribution in [2.45, 2.75) is 13.8 Å². The molecule has 0 bridgehead atoms. The first-order valence-corrected chi connectivity index (χ1v) is 6.22. The summed E-state index contributed by atoms with van der Waals surface area (Å²) in [4.78, 5) is 12.0. The van der Waals surface area contributed by atoms with Crippen molar-refractivity contribution in [1.82, 2.24) is 10.2 Å². The molecule has 0 aliphatic carbocycles. The molecule has 2 aromatic carbocycles. The average Bonchev–Trinajstić information content (AvgIpc) is 2.44. The second-order valence-electron chi connectivity index (χ2n) is 4.72. The van der Waals surface area contributed by atoms with Crippen LogP contribution in [-0.4, -0.2) is 10.2 Å². The second-order valence-corrected chi connectivity index (χ2v) is 4.72. The standard InChI is InChI=1S/C16H14N2O/c1-10-8-9-11(2)14-13(10)15(17-18-16(14)19)12-6-4-3-5-7-12/h3-9H,1-2H3,(H,18,19). The quantitative estimate of drug-likeness (QED) is 0.720. The summed E-state index contributed by atoms with van der Waals surface area (Å²) in [6.07, 6.45) is 0. The lowest BCUT2D eigenvalue weighted by molar-refractivity contribution is 1.01. The van der Waals surface area contributed by atoms with E-state index in [0.29, 0.717) is 0 Å². The molecule has 0 saturated heterocycles. The Kier molecular flexibility index (Phi) is 2.67. The number of fused-ring (bicyclic) bond motifs is 1. The van der Waals surface area contributed by atoms with Gasteiger partial charge in [-0.1, -0.05) is 42.5 Å². The van der Waals surface area contributed by atoms with E-state index < -0.39 is 0 Å². The van der Waals surface area contributed by atoms with E-state index in [0.717, 1.165) is 33.2 Å². The molecule has 0 fully saturated rings. The number of nitrogens with one attached hydrogen (secondary N) is 1. The van der Waals surface area contributed by atoms with Gasteiger partial charge in [0.05, 0.1) is 11.1 Å². The van der Waals surface area contributed by atoms with Crippen LogP contribution in [0.25, 0.3) is 22.0 Å². The summed E-state index contributed by atoms with van der Waals surface area (Å²) >= 11 is 0. The molecule has 3 heteroatoms. The van der Waals surface area contributed by atoms with Crippen molar-refractivity contribution in [3.63, 3.8) is 0 Å². The number of aromatic amines is 1. The number of nitrogens with zero attached hydrogens (tertiary/aromatic N) is 1. The van der Waals surface area contributed by atoms with Gasteiger partial charge in [-0.3, -0.25) is 4.79 Å². The van der Waals surface area contributed by atoms with Crippen LogP contribution in [0.2, 0.25) is 0 Å². The molecule has 0 atom stereocenters. The van der Waals surface area contributed by atoms with Crippen LogP contribution in [0, 0.1) is 13.8 Å². The third-order valence-corrected chi connectivity index (χ3v) is 3.40. The van der Waals surface area contributed by atoms with Crippen molar-refractivity contribution in [3.8, 4) is 11.3 Å². The molecule has 1 N–H and O–H groups in total. The first kappa shape index (κ1) is 11.7. The zero-order chi connectivity index (χ0) is 13.4. The van der Waals surface area contributed by atoms with Crippen LogP contribution < -0.4 is 5.56 Å². The molecule has 0 spiro atoms. The fourth-order valence-electron chi connectivity index (χ4n) is 2.43. The summed E-state index contributed by atoms with van der Waals surface area (Å²) in [6, 6.07) is 13.9. The van der Waals surface area contributed by atoms with E-state index in [4.69, 9.17) is 0 Å². The van der Waals surface area contributed by atoms with Gasteiger partial charge < -0.3 is 0 Å². The maximum atomic E-state index is 12.0. The number of rotatable bonds is 1. The minimum absolute atomic E-state index is 0.129. The van der Waals surface area contributed by atoms with Crippen LogP contribution in [0.1, 0.15) is 11.1 Å². The van der Waals surface area contributed by atoms with Gasteiger partial charge in [0.15, 0.2) is 0 Å². The molecule has 3 nitrogen and oxygen atoms in total. The van der Waals surface area contributed by atoms with E-state index >= 15 is 0 Å². The lowest BCUT2D eigenvalue weighted by atomic mass is 9.98. The molecular weight excluding hydrogens is 236 g/mol. The number of hydrogen-bond acceptors (Lipinski definition) is 2. The Morgan fingerprint density at radius 3 is 2.21 bits per heavy atom. The molecule has 19 heavy (non-hydrogen) atoms. The van der Waals surface area contributed by atoms with Gasteiger partial charge in [-0.05, 0) is 25.0 Å². The number of H-pyrrole nitrogens is 1. The summed E-state index contributed by atoms with van der Waals surface area (Å²) in [7, 11) is 0. The predicted molar refractivity (Wildman–Crippen MR) is 77.3 cm³/mol. The highest BCUT2D eigenvalue weighted by Gasteiger charge is 2.12. The van der Waals surface area contributed by atoms with E-state index in [9.17, 15) is 4.79 Å². The molecule has 0 radical (unpaired) electrons. The molecule has 0 unspecified atom stereocenters. The van der Waals surface area contributed by atoms with Crippen molar-refractivity contribution >= 4 is 10.8 Å². The maximum absolute atomic E-state index is 12.0. The first-order valence-electron chi connectivity index (χ1n) is 6.22. The van der Waals surface area contributed by atoms with Crippen molar-refractivity contribution in [2.24, 2.45) is 0 Å². The molecule has 1 aromatic heterocycles. The summed E-state index contributed by atoms with van der Waals surface area (Å²) in [5.41, 5.74) is 3.75. The molecular formula is C16H14N2O. The van der Waals surface area contributed by atoms with Crippen LogP contribution in [0.3, 0.4) is 0 Å². The van der Waals surface area contributed by atoms with E-state index in [1.165, 1.54) is 0 Å². The average molecular weight is 250 g/mol. The SMILES string of the molecule is Cc1ccc(C)c2c(=O)[nH]nc(-c3ccccc3)c12. The highest BCUT2D eigenvalue weighted by atomic mass is 16.1. The van der Waals surface area contributed by atoms with Gasteiger partial charge in [-0.2, -0.15) is 5.10 Å². The lowest BCUT2D eigenvalue weighted by Gasteiger charge is -2.09. The zero-order valence-corrected chi connectivity index (χ0v) is 10.9. The van der Waals surface area contributed by atoms with Gasteiger partial charge >= 0.3 is 0 Å². The van der Waals surface area contributed by atoms with E-state index in [-0.39, 0.29) is 5.56 Å². The number of aromatic nitrogens is 2. The van der Waals surface area contributed by atoms with E-state index in [1.807, 2.05) is 56.3 Å². The molecule has 0 aliphatic heterocycles. The minimum atomic E-state index is -0.129. The predicted octanol–water partition coefficient (Wildman–Crippen LogP) is 3.21. The van der Waals surface area contributed by atoms with Gasteiger partial charge in [0.2, 0.25) is 0 Å². The topological polar surface area (TPSA) is 45.8 Å². The Balaban J connectivity index is 2.49.